The summed E-state index contributed by atoms with van der Waals surface area (Å²) in [6.07, 6.45) is -4.79. The average Bonchev–Trinajstić information content (AvgIpc) is 3.26. The maximum absolute atomic E-state index is 13.5. The Labute approximate surface area is 184 Å². The summed E-state index contributed by atoms with van der Waals surface area (Å²) in [5.74, 6) is 0.0452. The van der Waals surface area contributed by atoms with Crippen molar-refractivity contribution in [2.75, 3.05) is 18.6 Å². The van der Waals surface area contributed by atoms with Crippen molar-refractivity contribution in [1.29, 1.82) is 0 Å². The maximum Gasteiger partial charge on any atom is 0.573 e. The molecule has 32 heavy (non-hydrogen) atoms. The third-order valence-corrected chi connectivity index (χ3v) is 5.48. The topological polar surface area (TPSA) is 51.1 Å². The first-order valence-electron chi connectivity index (χ1n) is 10.1. The van der Waals surface area contributed by atoms with E-state index in [2.05, 4.69) is 9.73 Å². The number of nitrogens with zero attached hydrogens (tertiary/aromatic N) is 2. The van der Waals surface area contributed by atoms with Crippen molar-refractivity contribution >= 4 is 17.3 Å². The van der Waals surface area contributed by atoms with Crippen LogP contribution in [0.25, 0.3) is 0 Å². The number of benzene rings is 2. The molecule has 0 saturated heterocycles. The van der Waals surface area contributed by atoms with Gasteiger partial charge in [0.1, 0.15) is 11.5 Å². The Morgan fingerprint density at radius 3 is 2.28 bits per heavy atom. The van der Waals surface area contributed by atoms with Crippen LogP contribution < -0.4 is 14.4 Å². The van der Waals surface area contributed by atoms with E-state index in [1.165, 1.54) is 24.3 Å². The molecule has 0 fully saturated rings. The first kappa shape index (κ1) is 21.9. The fourth-order valence-electron chi connectivity index (χ4n) is 4.24. The summed E-state index contributed by atoms with van der Waals surface area (Å²) in [5.41, 5.74) is 3.23. The molecule has 1 unspecified atom stereocenters. The third-order valence-electron chi connectivity index (χ3n) is 5.48. The van der Waals surface area contributed by atoms with Crippen molar-refractivity contribution in [2.45, 2.75) is 33.2 Å². The number of amides is 1. The molecular formula is C24H23F3N2O3. The second-order valence-corrected chi connectivity index (χ2v) is 8.67. The molecule has 1 amide bonds. The lowest BCUT2D eigenvalue weighted by atomic mass is 9.81. The van der Waals surface area contributed by atoms with E-state index < -0.39 is 12.4 Å². The number of alkyl halides is 3. The molecule has 5 nitrogen and oxygen atoms in total. The molecule has 0 saturated carbocycles. The first-order valence-corrected chi connectivity index (χ1v) is 10.1. The largest absolute Gasteiger partial charge is 0.573 e. The van der Waals surface area contributed by atoms with Gasteiger partial charge in [0.05, 0.1) is 19.7 Å². The van der Waals surface area contributed by atoms with Gasteiger partial charge in [0.2, 0.25) is 0 Å². The smallest absolute Gasteiger partial charge is 0.496 e. The number of carbonyl (C=O) groups is 1. The second-order valence-electron chi connectivity index (χ2n) is 8.67. The van der Waals surface area contributed by atoms with Crippen LogP contribution in [-0.4, -0.2) is 31.6 Å². The van der Waals surface area contributed by atoms with Crippen LogP contribution in [0.1, 0.15) is 32.4 Å². The lowest BCUT2D eigenvalue weighted by Crippen LogP contribution is -2.34. The lowest BCUT2D eigenvalue weighted by Gasteiger charge is -2.32. The normalized spacial score (nSPS) is 18.7. The number of anilines is 1. The van der Waals surface area contributed by atoms with Gasteiger partial charge in [0.15, 0.2) is 0 Å². The van der Waals surface area contributed by atoms with Gasteiger partial charge in [-0.1, -0.05) is 39.0 Å². The highest BCUT2D eigenvalue weighted by molar-refractivity contribution is 6.22. The molecule has 2 aliphatic heterocycles. The van der Waals surface area contributed by atoms with Crippen molar-refractivity contribution in [3.05, 3.63) is 65.2 Å². The van der Waals surface area contributed by atoms with E-state index in [9.17, 15) is 18.0 Å². The summed E-state index contributed by atoms with van der Waals surface area (Å²) in [6.45, 7) is 6.39. The number of aliphatic imine (C=N–C) groups is 1. The predicted octanol–water partition coefficient (Wildman–Crippen LogP) is 5.48. The molecule has 168 valence electrons. The molecular weight excluding hydrogens is 421 g/mol. The zero-order valence-electron chi connectivity index (χ0n) is 18.2. The molecule has 2 heterocycles. The standard InChI is InChI=1S/C24H23F3N2O3/c1-23(2,3)21-19-17(13-28-21)22(30)29(20(19)16-7-5-6-8-18(16)31-4)14-9-11-15(12-10-14)32-24(25,26)27/h5-12,20H,13H2,1-4H3. The van der Waals surface area contributed by atoms with Gasteiger partial charge in [-0.2, -0.15) is 0 Å². The molecule has 4 rings (SSSR count). The SMILES string of the molecule is COc1ccccc1C1C2=C(CN=C2C(C)(C)C)C(=O)N1c1ccc(OC(F)(F)F)cc1. The van der Waals surface area contributed by atoms with Crippen molar-refractivity contribution in [3.8, 4) is 11.5 Å². The minimum absolute atomic E-state index is 0.219. The van der Waals surface area contributed by atoms with Crippen LogP contribution in [-0.2, 0) is 4.79 Å². The summed E-state index contributed by atoms with van der Waals surface area (Å²) in [5, 5.41) is 0. The van der Waals surface area contributed by atoms with E-state index in [4.69, 9.17) is 4.74 Å². The number of hydrogen-bond acceptors (Lipinski definition) is 4. The first-order chi connectivity index (χ1) is 15.0. The Bertz CT molecular complexity index is 1110. The van der Waals surface area contributed by atoms with Crippen molar-refractivity contribution in [3.63, 3.8) is 0 Å². The quantitative estimate of drug-likeness (QED) is 0.628. The number of halogens is 3. The maximum atomic E-state index is 13.5. The molecule has 0 N–H and O–H groups in total. The Balaban J connectivity index is 1.82. The molecule has 2 aliphatic rings. The zero-order valence-corrected chi connectivity index (χ0v) is 18.2. The molecule has 8 heteroatoms. The molecule has 2 aromatic carbocycles. The summed E-state index contributed by atoms with van der Waals surface area (Å²) < 4.78 is 47.2. The highest BCUT2D eigenvalue weighted by Gasteiger charge is 2.47. The van der Waals surface area contributed by atoms with E-state index in [1.807, 2.05) is 45.0 Å². The minimum atomic E-state index is -4.79. The van der Waals surface area contributed by atoms with E-state index in [-0.39, 0.29) is 23.6 Å². The molecule has 0 bridgehead atoms. The Morgan fingerprint density at radius 2 is 1.69 bits per heavy atom. The van der Waals surface area contributed by atoms with Crippen LogP contribution in [0.15, 0.2) is 64.7 Å². The Hall–Kier alpha value is -3.29. The second kappa shape index (κ2) is 7.69. The third kappa shape index (κ3) is 3.85. The van der Waals surface area contributed by atoms with Gasteiger partial charge in [-0.25, -0.2) is 0 Å². The highest BCUT2D eigenvalue weighted by Crippen LogP contribution is 2.48. The fourth-order valence-corrected chi connectivity index (χ4v) is 4.24. The summed E-state index contributed by atoms with van der Waals surface area (Å²) >= 11 is 0. The van der Waals surface area contributed by atoms with E-state index in [0.717, 1.165) is 16.8 Å². The van der Waals surface area contributed by atoms with Crippen molar-refractivity contribution in [2.24, 2.45) is 10.4 Å². The predicted molar refractivity (Wildman–Crippen MR) is 115 cm³/mol. The van der Waals surface area contributed by atoms with Crippen molar-refractivity contribution < 1.29 is 27.4 Å². The molecule has 0 aliphatic carbocycles. The van der Waals surface area contributed by atoms with Gasteiger partial charge in [0, 0.05) is 33.5 Å². The summed E-state index contributed by atoms with van der Waals surface area (Å²) in [7, 11) is 1.56. The number of para-hydroxylation sites is 1. The fraction of sp³-hybridized carbons (Fsp3) is 0.333. The number of carbonyl (C=O) groups excluding carboxylic acids is 1. The molecule has 1 atom stereocenters. The average molecular weight is 444 g/mol. The van der Waals surface area contributed by atoms with Crippen LogP contribution in [0.2, 0.25) is 0 Å². The van der Waals surface area contributed by atoms with Crippen LogP contribution in [0, 0.1) is 5.41 Å². The lowest BCUT2D eigenvalue weighted by molar-refractivity contribution is -0.274. The summed E-state index contributed by atoms with van der Waals surface area (Å²) in [4.78, 5) is 19.8. The van der Waals surface area contributed by atoms with Crippen molar-refractivity contribution in [1.82, 2.24) is 0 Å². The van der Waals surface area contributed by atoms with E-state index in [1.54, 1.807) is 12.0 Å². The van der Waals surface area contributed by atoms with Crippen LogP contribution in [0.4, 0.5) is 18.9 Å². The van der Waals surface area contributed by atoms with Gasteiger partial charge in [-0.05, 0) is 30.3 Å². The molecule has 2 aromatic rings. The zero-order chi connectivity index (χ0) is 23.3. The van der Waals surface area contributed by atoms with Gasteiger partial charge in [-0.15, -0.1) is 13.2 Å². The molecule has 0 radical (unpaired) electrons. The number of rotatable bonds is 4. The van der Waals surface area contributed by atoms with Gasteiger partial charge >= 0.3 is 6.36 Å². The van der Waals surface area contributed by atoms with Gasteiger partial charge < -0.3 is 9.47 Å². The molecule has 0 aromatic heterocycles. The van der Waals surface area contributed by atoms with E-state index in [0.29, 0.717) is 17.0 Å². The van der Waals surface area contributed by atoms with E-state index >= 15 is 0 Å². The highest BCUT2D eigenvalue weighted by atomic mass is 19.4. The van der Waals surface area contributed by atoms with Crippen LogP contribution >= 0.6 is 0 Å². The number of methoxy groups -OCH3 is 1. The van der Waals surface area contributed by atoms with Crippen LogP contribution in [0.3, 0.4) is 0 Å². The summed E-state index contributed by atoms with van der Waals surface area (Å²) in [6, 6.07) is 12.2. The van der Waals surface area contributed by atoms with Crippen LogP contribution in [0.5, 0.6) is 11.5 Å². The number of hydrogen-bond donors (Lipinski definition) is 0. The number of ether oxygens (including phenoxy) is 2. The molecule has 0 spiro atoms. The Kier molecular flexibility index (Phi) is 5.27. The van der Waals surface area contributed by atoms with Gasteiger partial charge in [0.25, 0.3) is 5.91 Å². The monoisotopic (exact) mass is 444 g/mol. The minimum Gasteiger partial charge on any atom is -0.496 e. The van der Waals surface area contributed by atoms with Gasteiger partial charge in [-0.3, -0.25) is 14.7 Å². The Morgan fingerprint density at radius 1 is 1.03 bits per heavy atom.